The first-order chi connectivity index (χ1) is 11.1. The summed E-state index contributed by atoms with van der Waals surface area (Å²) < 4.78 is 16.9. The number of rotatable bonds is 3. The molecule has 0 aliphatic carbocycles. The SMILES string of the molecule is CO[C@@]1(c2ccccc2)Oc2ccccc2C(=O)[C@H]1OC(C)=O. The summed E-state index contributed by atoms with van der Waals surface area (Å²) in [4.78, 5) is 24.4. The molecule has 1 aliphatic rings. The molecule has 2 atom stereocenters. The first kappa shape index (κ1) is 15.2. The van der Waals surface area contributed by atoms with E-state index in [4.69, 9.17) is 14.2 Å². The Balaban J connectivity index is 2.19. The van der Waals surface area contributed by atoms with Crippen molar-refractivity contribution in [2.45, 2.75) is 18.8 Å². The predicted octanol–water partition coefficient (Wildman–Crippen LogP) is 2.69. The number of benzene rings is 2. The Hall–Kier alpha value is -2.66. The number of carbonyl (C=O) groups excluding carboxylic acids is 2. The van der Waals surface area contributed by atoms with Crippen LogP contribution >= 0.6 is 0 Å². The molecular weight excluding hydrogens is 296 g/mol. The number of carbonyl (C=O) groups is 2. The Kier molecular flexibility index (Phi) is 3.88. The van der Waals surface area contributed by atoms with Crippen molar-refractivity contribution in [3.63, 3.8) is 0 Å². The van der Waals surface area contributed by atoms with Gasteiger partial charge in [-0.15, -0.1) is 0 Å². The van der Waals surface area contributed by atoms with Crippen molar-refractivity contribution in [2.75, 3.05) is 7.11 Å². The molecule has 0 unspecified atom stereocenters. The number of esters is 1. The highest BCUT2D eigenvalue weighted by atomic mass is 16.7. The van der Waals surface area contributed by atoms with Gasteiger partial charge < -0.3 is 14.2 Å². The summed E-state index contributed by atoms with van der Waals surface area (Å²) >= 11 is 0. The molecular formula is C18H16O5. The number of hydrogen-bond donors (Lipinski definition) is 0. The Morgan fingerprint density at radius 1 is 1.09 bits per heavy atom. The zero-order valence-electron chi connectivity index (χ0n) is 12.8. The largest absolute Gasteiger partial charge is 0.453 e. The summed E-state index contributed by atoms with van der Waals surface area (Å²) in [7, 11) is 1.42. The molecule has 5 nitrogen and oxygen atoms in total. The molecule has 118 valence electrons. The number of ether oxygens (including phenoxy) is 3. The minimum atomic E-state index is -1.52. The van der Waals surface area contributed by atoms with E-state index in [0.717, 1.165) is 0 Å². The molecule has 0 bridgehead atoms. The van der Waals surface area contributed by atoms with E-state index in [1.807, 2.05) is 6.07 Å². The molecule has 0 amide bonds. The van der Waals surface area contributed by atoms with E-state index in [1.165, 1.54) is 14.0 Å². The maximum Gasteiger partial charge on any atom is 0.303 e. The van der Waals surface area contributed by atoms with Crippen LogP contribution in [0.4, 0.5) is 0 Å². The van der Waals surface area contributed by atoms with Crippen LogP contribution in [-0.4, -0.2) is 25.0 Å². The maximum atomic E-state index is 12.9. The fourth-order valence-corrected chi connectivity index (χ4v) is 2.73. The Bertz CT molecular complexity index is 740. The Labute approximate surface area is 133 Å². The molecule has 0 saturated heterocycles. The summed E-state index contributed by atoms with van der Waals surface area (Å²) in [5, 5.41) is 0. The van der Waals surface area contributed by atoms with Crippen LogP contribution in [0.15, 0.2) is 54.6 Å². The van der Waals surface area contributed by atoms with Gasteiger partial charge in [0.1, 0.15) is 5.75 Å². The number of ketones is 1. The quantitative estimate of drug-likeness (QED) is 0.816. The van der Waals surface area contributed by atoms with E-state index in [1.54, 1.807) is 48.5 Å². The van der Waals surface area contributed by atoms with Gasteiger partial charge in [0.15, 0.2) is 0 Å². The first-order valence-corrected chi connectivity index (χ1v) is 7.18. The van der Waals surface area contributed by atoms with E-state index >= 15 is 0 Å². The summed E-state index contributed by atoms with van der Waals surface area (Å²) in [6.07, 6.45) is -1.22. The highest BCUT2D eigenvalue weighted by molar-refractivity contribution is 6.04. The van der Waals surface area contributed by atoms with Crippen molar-refractivity contribution in [3.8, 4) is 5.75 Å². The van der Waals surface area contributed by atoms with Crippen LogP contribution in [0.2, 0.25) is 0 Å². The summed E-state index contributed by atoms with van der Waals surface area (Å²) in [6.45, 7) is 1.25. The molecule has 2 aromatic carbocycles. The fourth-order valence-electron chi connectivity index (χ4n) is 2.73. The number of para-hydroxylation sites is 1. The number of methoxy groups -OCH3 is 1. The molecule has 0 fully saturated rings. The van der Waals surface area contributed by atoms with E-state index in [-0.39, 0.29) is 5.78 Å². The smallest absolute Gasteiger partial charge is 0.303 e. The molecule has 0 N–H and O–H groups in total. The highest BCUT2D eigenvalue weighted by Gasteiger charge is 2.54. The lowest BCUT2D eigenvalue weighted by Gasteiger charge is -2.41. The number of hydrogen-bond acceptors (Lipinski definition) is 5. The molecule has 2 aromatic rings. The Morgan fingerprint density at radius 3 is 2.39 bits per heavy atom. The standard InChI is InChI=1S/C18H16O5/c1-12(19)22-17-16(20)14-10-6-7-11-15(14)23-18(17,21-2)13-8-4-3-5-9-13/h3-11,17H,1-2H3/t17-,18+/m1/s1. The van der Waals surface area contributed by atoms with Crippen molar-refractivity contribution in [1.29, 1.82) is 0 Å². The number of fused-ring (bicyclic) bond motifs is 1. The van der Waals surface area contributed by atoms with Gasteiger partial charge in [-0.25, -0.2) is 0 Å². The molecule has 23 heavy (non-hydrogen) atoms. The van der Waals surface area contributed by atoms with Gasteiger partial charge >= 0.3 is 5.97 Å². The first-order valence-electron chi connectivity index (χ1n) is 7.18. The second-order valence-electron chi connectivity index (χ2n) is 5.19. The van der Waals surface area contributed by atoms with Crippen molar-refractivity contribution in [1.82, 2.24) is 0 Å². The van der Waals surface area contributed by atoms with Gasteiger partial charge in [-0.1, -0.05) is 42.5 Å². The number of Topliss-reactive ketones (excluding diaryl/α,β-unsaturated/α-hetero) is 1. The second-order valence-corrected chi connectivity index (χ2v) is 5.19. The van der Waals surface area contributed by atoms with E-state index < -0.39 is 17.9 Å². The minimum Gasteiger partial charge on any atom is -0.453 e. The van der Waals surface area contributed by atoms with Gasteiger partial charge in [0.05, 0.1) is 5.56 Å². The van der Waals surface area contributed by atoms with Crippen LogP contribution in [0.5, 0.6) is 5.75 Å². The van der Waals surface area contributed by atoms with E-state index in [0.29, 0.717) is 16.9 Å². The molecule has 0 aromatic heterocycles. The van der Waals surface area contributed by atoms with E-state index in [2.05, 4.69) is 0 Å². The molecule has 5 heteroatoms. The molecule has 0 saturated carbocycles. The monoisotopic (exact) mass is 312 g/mol. The fraction of sp³-hybridized carbons (Fsp3) is 0.222. The minimum absolute atomic E-state index is 0.354. The van der Waals surface area contributed by atoms with Crippen molar-refractivity contribution in [3.05, 3.63) is 65.7 Å². The molecule has 3 rings (SSSR count). The maximum absolute atomic E-state index is 12.9. The van der Waals surface area contributed by atoms with Gasteiger partial charge in [-0.3, -0.25) is 9.59 Å². The lowest BCUT2D eigenvalue weighted by atomic mass is 9.90. The van der Waals surface area contributed by atoms with Gasteiger partial charge in [-0.05, 0) is 12.1 Å². The van der Waals surface area contributed by atoms with Crippen LogP contribution in [-0.2, 0) is 20.1 Å². The van der Waals surface area contributed by atoms with Gasteiger partial charge in [0.2, 0.25) is 11.9 Å². The summed E-state index contributed by atoms with van der Waals surface area (Å²) in [5.74, 6) is -2.05. The van der Waals surface area contributed by atoms with E-state index in [9.17, 15) is 9.59 Å². The zero-order valence-corrected chi connectivity index (χ0v) is 12.8. The topological polar surface area (TPSA) is 61.8 Å². The average Bonchev–Trinajstić information content (AvgIpc) is 2.58. The summed E-state index contributed by atoms with van der Waals surface area (Å²) in [5.41, 5.74) is 0.957. The van der Waals surface area contributed by atoms with Crippen LogP contribution < -0.4 is 4.74 Å². The third kappa shape index (κ3) is 2.49. The lowest BCUT2D eigenvalue weighted by Crippen LogP contribution is -2.55. The second kappa shape index (κ2) is 5.85. The normalized spacial score (nSPS) is 22.9. The highest BCUT2D eigenvalue weighted by Crippen LogP contribution is 2.41. The zero-order chi connectivity index (χ0) is 16.4. The third-order valence-corrected chi connectivity index (χ3v) is 3.76. The van der Waals surface area contributed by atoms with Crippen LogP contribution in [0.25, 0.3) is 0 Å². The third-order valence-electron chi connectivity index (χ3n) is 3.76. The Morgan fingerprint density at radius 2 is 1.74 bits per heavy atom. The predicted molar refractivity (Wildman–Crippen MR) is 82.1 cm³/mol. The van der Waals surface area contributed by atoms with Gasteiger partial charge in [0.25, 0.3) is 5.79 Å². The van der Waals surface area contributed by atoms with Crippen molar-refractivity contribution in [2.24, 2.45) is 0 Å². The average molecular weight is 312 g/mol. The van der Waals surface area contributed by atoms with Gasteiger partial charge in [0, 0.05) is 19.6 Å². The lowest BCUT2D eigenvalue weighted by molar-refractivity contribution is -0.233. The van der Waals surface area contributed by atoms with Crippen LogP contribution in [0.1, 0.15) is 22.8 Å². The van der Waals surface area contributed by atoms with Crippen LogP contribution in [0.3, 0.4) is 0 Å². The molecule has 0 spiro atoms. The van der Waals surface area contributed by atoms with Crippen molar-refractivity contribution < 1.29 is 23.8 Å². The molecule has 1 aliphatic heterocycles. The van der Waals surface area contributed by atoms with Crippen molar-refractivity contribution >= 4 is 11.8 Å². The summed E-state index contributed by atoms with van der Waals surface area (Å²) in [6, 6.07) is 15.8. The van der Waals surface area contributed by atoms with Crippen LogP contribution in [0, 0.1) is 0 Å². The molecule has 1 heterocycles. The van der Waals surface area contributed by atoms with Gasteiger partial charge in [-0.2, -0.15) is 0 Å². The molecule has 0 radical (unpaired) electrons.